The van der Waals surface area contributed by atoms with Crippen molar-refractivity contribution < 1.29 is 27.5 Å². The van der Waals surface area contributed by atoms with E-state index in [1.165, 1.54) is 28.3 Å². The Hall–Kier alpha value is -3.89. The van der Waals surface area contributed by atoms with E-state index in [4.69, 9.17) is 4.74 Å². The Morgan fingerprint density at radius 3 is 2.69 bits per heavy atom. The predicted molar refractivity (Wildman–Crippen MR) is 108 cm³/mol. The number of alkyl halides is 3. The highest BCUT2D eigenvalue weighted by molar-refractivity contribution is 6.01. The molecule has 32 heavy (non-hydrogen) atoms. The Balaban J connectivity index is 1.54. The van der Waals surface area contributed by atoms with E-state index in [0.717, 1.165) is 12.1 Å². The van der Waals surface area contributed by atoms with Crippen molar-refractivity contribution in [2.75, 3.05) is 16.8 Å². The van der Waals surface area contributed by atoms with E-state index in [9.17, 15) is 22.8 Å². The molecule has 1 atom stereocenters. The number of ether oxygens (including phenoxy) is 1. The van der Waals surface area contributed by atoms with E-state index in [1.54, 1.807) is 31.2 Å². The van der Waals surface area contributed by atoms with Crippen LogP contribution < -0.4 is 15.0 Å². The summed E-state index contributed by atoms with van der Waals surface area (Å²) in [4.78, 5) is 30.4. The van der Waals surface area contributed by atoms with Crippen LogP contribution in [0.4, 0.5) is 24.5 Å². The Bertz CT molecular complexity index is 1150. The van der Waals surface area contributed by atoms with Crippen molar-refractivity contribution in [2.45, 2.75) is 25.6 Å². The smallest absolute Gasteiger partial charge is 0.416 e. The van der Waals surface area contributed by atoms with E-state index >= 15 is 0 Å². The number of aromatic nitrogens is 3. The lowest BCUT2D eigenvalue weighted by Crippen LogP contribution is -2.45. The van der Waals surface area contributed by atoms with Gasteiger partial charge in [-0.15, -0.1) is 0 Å². The maximum absolute atomic E-state index is 13.2. The zero-order valence-electron chi connectivity index (χ0n) is 16.8. The van der Waals surface area contributed by atoms with Gasteiger partial charge in [-0.3, -0.25) is 9.59 Å². The standard InChI is InChI=1S/C21H18F3N5O3/c1-13-20(31)28(17-4-2-3-5-18(17)32-13)9-8-19(30)27-15-10-14(21(22,23)24)6-7-16(15)29-12-25-11-26-29/h2-7,10-13H,8-9H2,1H3,(H,27,30). The normalized spacial score (nSPS) is 15.8. The topological polar surface area (TPSA) is 89.3 Å². The molecule has 11 heteroatoms. The molecule has 2 heterocycles. The van der Waals surface area contributed by atoms with Crippen LogP contribution in [0.2, 0.25) is 0 Å². The highest BCUT2D eigenvalue weighted by Crippen LogP contribution is 2.35. The molecule has 0 fully saturated rings. The fourth-order valence-corrected chi connectivity index (χ4v) is 3.36. The Morgan fingerprint density at radius 2 is 1.97 bits per heavy atom. The largest absolute Gasteiger partial charge is 0.479 e. The molecule has 2 amide bonds. The van der Waals surface area contributed by atoms with Crippen LogP contribution in [0, 0.1) is 0 Å². The molecule has 0 bridgehead atoms. The number of para-hydroxylation sites is 2. The van der Waals surface area contributed by atoms with Gasteiger partial charge in [-0.05, 0) is 37.3 Å². The number of carbonyl (C=O) groups excluding carboxylic acids is 2. The minimum atomic E-state index is -4.58. The first kappa shape index (κ1) is 21.3. The van der Waals surface area contributed by atoms with Gasteiger partial charge in [-0.2, -0.15) is 18.3 Å². The van der Waals surface area contributed by atoms with Gasteiger partial charge in [0, 0.05) is 13.0 Å². The Kier molecular flexibility index (Phi) is 5.56. The summed E-state index contributed by atoms with van der Waals surface area (Å²) in [7, 11) is 0. The second kappa shape index (κ2) is 8.33. The van der Waals surface area contributed by atoms with E-state index in [0.29, 0.717) is 11.4 Å². The average molecular weight is 445 g/mol. The molecule has 3 aromatic rings. The zero-order chi connectivity index (χ0) is 22.9. The lowest BCUT2D eigenvalue weighted by molar-refractivity contribution is -0.137. The van der Waals surface area contributed by atoms with E-state index in [-0.39, 0.29) is 30.2 Å². The molecule has 0 radical (unpaired) electrons. The molecule has 0 saturated heterocycles. The van der Waals surface area contributed by atoms with E-state index in [1.807, 2.05) is 0 Å². The molecule has 166 valence electrons. The third-order valence-corrected chi connectivity index (χ3v) is 4.90. The van der Waals surface area contributed by atoms with E-state index in [2.05, 4.69) is 15.4 Å². The summed E-state index contributed by atoms with van der Waals surface area (Å²) in [6, 6.07) is 9.88. The third-order valence-electron chi connectivity index (χ3n) is 4.90. The van der Waals surface area contributed by atoms with Gasteiger partial charge < -0.3 is 15.0 Å². The molecule has 2 aromatic carbocycles. The molecule has 0 saturated carbocycles. The number of anilines is 2. The number of nitrogens with zero attached hydrogens (tertiary/aromatic N) is 4. The number of amides is 2. The monoisotopic (exact) mass is 445 g/mol. The summed E-state index contributed by atoms with van der Waals surface area (Å²) in [5.41, 5.74) is -0.226. The van der Waals surface area contributed by atoms with Crippen molar-refractivity contribution in [3.63, 3.8) is 0 Å². The number of halogens is 3. The summed E-state index contributed by atoms with van der Waals surface area (Å²) >= 11 is 0. The second-order valence-electron chi connectivity index (χ2n) is 7.09. The van der Waals surface area contributed by atoms with Crippen molar-refractivity contribution in [3.8, 4) is 11.4 Å². The van der Waals surface area contributed by atoms with Gasteiger partial charge in [-0.1, -0.05) is 12.1 Å². The van der Waals surface area contributed by atoms with Crippen LogP contribution in [-0.2, 0) is 15.8 Å². The van der Waals surface area contributed by atoms with Crippen LogP contribution in [-0.4, -0.2) is 39.2 Å². The van der Waals surface area contributed by atoms with Gasteiger partial charge in [0.2, 0.25) is 5.91 Å². The van der Waals surface area contributed by atoms with Crippen molar-refractivity contribution >= 4 is 23.2 Å². The Morgan fingerprint density at radius 1 is 1.19 bits per heavy atom. The van der Waals surface area contributed by atoms with Crippen LogP contribution in [0.5, 0.6) is 5.75 Å². The first-order valence-electron chi connectivity index (χ1n) is 9.67. The van der Waals surface area contributed by atoms with Gasteiger partial charge in [0.1, 0.15) is 18.4 Å². The number of nitrogens with one attached hydrogen (secondary N) is 1. The molecule has 1 N–H and O–H groups in total. The van der Waals surface area contributed by atoms with Gasteiger partial charge >= 0.3 is 6.18 Å². The molecule has 0 spiro atoms. The molecular formula is C21H18F3N5O3. The average Bonchev–Trinajstić information content (AvgIpc) is 3.28. The molecule has 0 aliphatic carbocycles. The van der Waals surface area contributed by atoms with Gasteiger partial charge in [0.15, 0.2) is 6.10 Å². The van der Waals surface area contributed by atoms with Crippen molar-refractivity contribution in [1.29, 1.82) is 0 Å². The highest BCUT2D eigenvalue weighted by Gasteiger charge is 2.33. The van der Waals surface area contributed by atoms with Crippen molar-refractivity contribution in [3.05, 3.63) is 60.7 Å². The minimum Gasteiger partial charge on any atom is -0.479 e. The molecule has 1 aliphatic rings. The number of benzene rings is 2. The molecule has 1 unspecified atom stereocenters. The second-order valence-corrected chi connectivity index (χ2v) is 7.09. The third kappa shape index (κ3) is 4.27. The lowest BCUT2D eigenvalue weighted by atomic mass is 10.1. The molecule has 1 aromatic heterocycles. The van der Waals surface area contributed by atoms with Crippen molar-refractivity contribution in [1.82, 2.24) is 14.8 Å². The van der Waals surface area contributed by atoms with Crippen LogP contribution >= 0.6 is 0 Å². The van der Waals surface area contributed by atoms with Crippen LogP contribution in [0.1, 0.15) is 18.9 Å². The molecule has 1 aliphatic heterocycles. The number of hydrogen-bond acceptors (Lipinski definition) is 5. The van der Waals surface area contributed by atoms with Gasteiger partial charge in [0.05, 0.1) is 22.6 Å². The summed E-state index contributed by atoms with van der Waals surface area (Å²) in [6.07, 6.45) is -2.90. The fraction of sp³-hybridized carbons (Fsp3) is 0.238. The summed E-state index contributed by atoms with van der Waals surface area (Å²) < 4.78 is 46.4. The maximum Gasteiger partial charge on any atom is 0.416 e. The number of carbonyl (C=O) groups is 2. The molecule has 4 rings (SSSR count). The van der Waals surface area contributed by atoms with Crippen molar-refractivity contribution in [2.24, 2.45) is 0 Å². The zero-order valence-corrected chi connectivity index (χ0v) is 16.8. The molecule has 8 nitrogen and oxygen atoms in total. The first-order chi connectivity index (χ1) is 15.2. The summed E-state index contributed by atoms with van der Waals surface area (Å²) in [5.74, 6) is -0.347. The summed E-state index contributed by atoms with van der Waals surface area (Å²) in [6.45, 7) is 1.64. The lowest BCUT2D eigenvalue weighted by Gasteiger charge is -2.32. The quantitative estimate of drug-likeness (QED) is 0.650. The summed E-state index contributed by atoms with van der Waals surface area (Å²) in [5, 5.41) is 6.42. The van der Waals surface area contributed by atoms with E-state index < -0.39 is 23.8 Å². The van der Waals surface area contributed by atoms with Crippen LogP contribution in [0.3, 0.4) is 0 Å². The number of fused-ring (bicyclic) bond motifs is 1. The maximum atomic E-state index is 13.2. The van der Waals surface area contributed by atoms with Crippen LogP contribution in [0.15, 0.2) is 55.1 Å². The predicted octanol–water partition coefficient (Wildman–Crippen LogP) is 3.43. The minimum absolute atomic E-state index is 0.0347. The highest BCUT2D eigenvalue weighted by atomic mass is 19.4. The van der Waals surface area contributed by atoms with Gasteiger partial charge in [0.25, 0.3) is 5.91 Å². The number of rotatable bonds is 5. The van der Waals surface area contributed by atoms with Gasteiger partial charge in [-0.25, -0.2) is 9.67 Å². The first-order valence-corrected chi connectivity index (χ1v) is 9.67. The van der Waals surface area contributed by atoms with Crippen LogP contribution in [0.25, 0.3) is 5.69 Å². The fourth-order valence-electron chi connectivity index (χ4n) is 3.36. The SMILES string of the molecule is CC1Oc2ccccc2N(CCC(=O)Nc2cc(C(F)(F)F)ccc2-n2cncn2)C1=O. The molecular weight excluding hydrogens is 427 g/mol. The number of hydrogen-bond donors (Lipinski definition) is 1. The Labute approximate surface area is 180 Å².